The Balaban J connectivity index is 1.60. The highest BCUT2D eigenvalue weighted by molar-refractivity contribution is 5.97. The number of ketones is 1. The van der Waals surface area contributed by atoms with Crippen LogP contribution in [0.4, 0.5) is 17.6 Å². The molecule has 3 rings (SSSR count). The van der Waals surface area contributed by atoms with Gasteiger partial charge >= 0.3 is 5.97 Å². The third-order valence-corrected chi connectivity index (χ3v) is 5.44. The molecule has 1 saturated heterocycles. The van der Waals surface area contributed by atoms with Crippen molar-refractivity contribution in [2.45, 2.75) is 19.0 Å². The number of hydrogen-bond acceptors (Lipinski definition) is 6. The van der Waals surface area contributed by atoms with E-state index in [9.17, 15) is 41.5 Å². The molecule has 202 valence electrons. The van der Waals surface area contributed by atoms with Crippen LogP contribution in [-0.2, 0) is 30.5 Å². The Morgan fingerprint density at radius 1 is 0.947 bits per heavy atom. The Morgan fingerprint density at radius 2 is 1.53 bits per heavy atom. The van der Waals surface area contributed by atoms with Crippen LogP contribution in [0, 0.1) is 23.3 Å². The minimum absolute atomic E-state index is 0.0691. The third kappa shape index (κ3) is 7.05. The number of nitrogens with zero attached hydrogens (tertiary/aromatic N) is 2. The van der Waals surface area contributed by atoms with E-state index >= 15 is 0 Å². The second-order valence-electron chi connectivity index (χ2n) is 8.26. The number of Topliss-reactive ketones (excluding diaryl/α,β-unsaturated/α-hetero) is 1. The van der Waals surface area contributed by atoms with E-state index in [1.54, 1.807) is 30.3 Å². The molecule has 0 saturated carbocycles. The van der Waals surface area contributed by atoms with Crippen LogP contribution < -0.4 is 10.1 Å². The van der Waals surface area contributed by atoms with E-state index in [0.29, 0.717) is 0 Å². The monoisotopic (exact) mass is 539 g/mol. The van der Waals surface area contributed by atoms with Crippen LogP contribution in [0.15, 0.2) is 36.4 Å². The van der Waals surface area contributed by atoms with Gasteiger partial charge in [-0.1, -0.05) is 30.3 Å². The van der Waals surface area contributed by atoms with Crippen molar-refractivity contribution in [1.29, 1.82) is 0 Å². The summed E-state index contributed by atoms with van der Waals surface area (Å²) < 4.78 is 58.7. The summed E-state index contributed by atoms with van der Waals surface area (Å²) in [5.74, 6) is -13.7. The van der Waals surface area contributed by atoms with Crippen LogP contribution in [-0.4, -0.2) is 76.7 Å². The van der Waals surface area contributed by atoms with Crippen LogP contribution in [0.5, 0.6) is 5.75 Å². The normalized spacial score (nSPS) is 14.3. The zero-order chi connectivity index (χ0) is 28.0. The van der Waals surface area contributed by atoms with Crippen molar-refractivity contribution in [1.82, 2.24) is 15.1 Å². The molecule has 1 atom stereocenters. The minimum atomic E-state index is -1.91. The Hall–Kier alpha value is -4.49. The second-order valence-corrected chi connectivity index (χ2v) is 8.26. The van der Waals surface area contributed by atoms with Gasteiger partial charge in [-0.3, -0.25) is 24.0 Å². The van der Waals surface area contributed by atoms with Crippen LogP contribution in [0.3, 0.4) is 0 Å². The molecular weight excluding hydrogens is 518 g/mol. The van der Waals surface area contributed by atoms with Crippen LogP contribution in [0.2, 0.25) is 0 Å². The number of carbonyl (C=O) groups is 5. The molecule has 1 aliphatic heterocycles. The van der Waals surface area contributed by atoms with Gasteiger partial charge in [0.2, 0.25) is 29.4 Å². The molecule has 38 heavy (non-hydrogen) atoms. The first-order valence-electron chi connectivity index (χ1n) is 11.1. The van der Waals surface area contributed by atoms with Gasteiger partial charge in [-0.05, 0) is 5.56 Å². The molecule has 0 radical (unpaired) electrons. The first kappa shape index (κ1) is 28.1. The van der Waals surface area contributed by atoms with Gasteiger partial charge in [0.15, 0.2) is 23.2 Å². The van der Waals surface area contributed by atoms with E-state index in [1.165, 1.54) is 4.90 Å². The predicted molar refractivity (Wildman–Crippen MR) is 119 cm³/mol. The van der Waals surface area contributed by atoms with Crippen molar-refractivity contribution in [2.24, 2.45) is 0 Å². The maximum absolute atomic E-state index is 13.7. The first-order valence-corrected chi connectivity index (χ1v) is 11.1. The molecule has 0 aliphatic carbocycles. The van der Waals surface area contributed by atoms with Gasteiger partial charge in [-0.25, -0.2) is 8.78 Å². The van der Waals surface area contributed by atoms with E-state index in [2.05, 4.69) is 10.1 Å². The third-order valence-electron chi connectivity index (χ3n) is 5.44. The number of carbonyl (C=O) groups excluding carboxylic acids is 4. The molecule has 1 unspecified atom stereocenters. The highest BCUT2D eigenvalue weighted by Gasteiger charge is 2.32. The van der Waals surface area contributed by atoms with Gasteiger partial charge in [0.25, 0.3) is 0 Å². The molecular formula is C24H21F4N3O7. The Bertz CT molecular complexity index is 1230. The second kappa shape index (κ2) is 12.2. The quantitative estimate of drug-likeness (QED) is 0.322. The van der Waals surface area contributed by atoms with Gasteiger partial charge in [-0.2, -0.15) is 8.78 Å². The number of benzene rings is 2. The number of nitrogens with one attached hydrogen (secondary N) is 1. The number of amides is 3. The summed E-state index contributed by atoms with van der Waals surface area (Å²) in [7, 11) is 0. The van der Waals surface area contributed by atoms with Crippen molar-refractivity contribution < 1.29 is 51.4 Å². The number of hydrogen-bond donors (Lipinski definition) is 2. The summed E-state index contributed by atoms with van der Waals surface area (Å²) >= 11 is 0. The maximum atomic E-state index is 13.7. The average Bonchev–Trinajstić information content (AvgIpc) is 2.85. The van der Waals surface area contributed by atoms with Gasteiger partial charge < -0.3 is 25.0 Å². The van der Waals surface area contributed by atoms with Crippen LogP contribution >= 0.6 is 0 Å². The lowest BCUT2D eigenvalue weighted by Gasteiger charge is -2.33. The first-order chi connectivity index (χ1) is 18.0. The van der Waals surface area contributed by atoms with E-state index in [0.717, 1.165) is 10.5 Å². The van der Waals surface area contributed by atoms with Gasteiger partial charge in [0.1, 0.15) is 32.3 Å². The standard InChI is InChI=1S/C24H21F4N3O7/c25-14-6-15(26)23(28)24(22(14)27)38-12-17(32)16(7-21(36)37)29-18(33)9-31-11-19(34)30(10-20(31)35)8-13-4-2-1-3-5-13/h1-6,16H,7-12H2,(H,29,33)(H,36,37). The van der Waals surface area contributed by atoms with Crippen molar-refractivity contribution in [3.63, 3.8) is 0 Å². The van der Waals surface area contributed by atoms with Gasteiger partial charge in [0, 0.05) is 12.6 Å². The molecule has 2 aromatic rings. The summed E-state index contributed by atoms with van der Waals surface area (Å²) in [6, 6.07) is 7.02. The predicted octanol–water partition coefficient (Wildman–Crippen LogP) is 1.02. The molecule has 1 fully saturated rings. The zero-order valence-electron chi connectivity index (χ0n) is 19.6. The largest absolute Gasteiger partial charge is 0.481 e. The zero-order valence-corrected chi connectivity index (χ0v) is 19.6. The number of rotatable bonds is 11. The van der Waals surface area contributed by atoms with Crippen LogP contribution in [0.1, 0.15) is 12.0 Å². The molecule has 0 aromatic heterocycles. The van der Waals surface area contributed by atoms with E-state index < -0.39 is 90.7 Å². The van der Waals surface area contributed by atoms with Crippen molar-refractivity contribution >= 4 is 29.5 Å². The van der Waals surface area contributed by atoms with E-state index in [-0.39, 0.29) is 19.2 Å². The lowest BCUT2D eigenvalue weighted by atomic mass is 10.1. The van der Waals surface area contributed by atoms with E-state index in [1.807, 2.05) is 0 Å². The molecule has 1 heterocycles. The van der Waals surface area contributed by atoms with Crippen molar-refractivity contribution in [3.05, 3.63) is 65.2 Å². The number of halogens is 4. The Labute approximate surface area is 212 Å². The molecule has 14 heteroatoms. The number of aliphatic carboxylic acids is 1. The average molecular weight is 539 g/mol. The molecule has 0 bridgehead atoms. The van der Waals surface area contributed by atoms with Crippen molar-refractivity contribution in [2.75, 3.05) is 26.2 Å². The Kier molecular flexibility index (Phi) is 8.99. The summed E-state index contributed by atoms with van der Waals surface area (Å²) in [6.45, 7) is -2.51. The van der Waals surface area contributed by atoms with Gasteiger partial charge in [-0.15, -0.1) is 0 Å². The maximum Gasteiger partial charge on any atom is 0.305 e. The topological polar surface area (TPSA) is 133 Å². The fourth-order valence-corrected chi connectivity index (χ4v) is 3.55. The molecule has 2 N–H and O–H groups in total. The summed E-state index contributed by atoms with van der Waals surface area (Å²) in [5, 5.41) is 11.1. The number of carboxylic acid groups (broad SMARTS) is 1. The van der Waals surface area contributed by atoms with Crippen LogP contribution in [0.25, 0.3) is 0 Å². The minimum Gasteiger partial charge on any atom is -0.481 e. The summed E-state index contributed by atoms with van der Waals surface area (Å²) in [5.41, 5.74) is 0.790. The fraction of sp³-hybridized carbons (Fsp3) is 0.292. The fourth-order valence-electron chi connectivity index (χ4n) is 3.55. The summed E-state index contributed by atoms with van der Waals surface area (Å²) in [4.78, 5) is 63.2. The molecule has 0 spiro atoms. The van der Waals surface area contributed by atoms with E-state index in [4.69, 9.17) is 5.11 Å². The molecule has 2 aromatic carbocycles. The lowest BCUT2D eigenvalue weighted by molar-refractivity contribution is -0.152. The molecule has 10 nitrogen and oxygen atoms in total. The smallest absolute Gasteiger partial charge is 0.305 e. The molecule has 3 amide bonds. The van der Waals surface area contributed by atoms with Crippen molar-refractivity contribution in [3.8, 4) is 5.75 Å². The number of ether oxygens (including phenoxy) is 1. The Morgan fingerprint density at radius 3 is 2.13 bits per heavy atom. The number of carboxylic acids is 1. The highest BCUT2D eigenvalue weighted by Crippen LogP contribution is 2.26. The van der Waals surface area contributed by atoms with Gasteiger partial charge in [0.05, 0.1) is 6.42 Å². The summed E-state index contributed by atoms with van der Waals surface area (Å²) in [6.07, 6.45) is -0.978. The highest BCUT2D eigenvalue weighted by atomic mass is 19.2. The number of piperazine rings is 1. The SMILES string of the molecule is O=C(O)CC(NC(=O)CN1CC(=O)N(Cc2ccccc2)CC1=O)C(=O)COc1c(F)c(F)cc(F)c1F. The lowest BCUT2D eigenvalue weighted by Crippen LogP contribution is -2.56. The molecule has 1 aliphatic rings.